The molecule has 4 fully saturated rings. The number of nitrogens with zero attached hydrogens (tertiary/aromatic N) is 4. The van der Waals surface area contributed by atoms with Crippen LogP contribution in [0.1, 0.15) is 84.3 Å². The molecule has 5 aliphatic rings. The van der Waals surface area contributed by atoms with Crippen LogP contribution >= 0.6 is 0 Å². The van der Waals surface area contributed by atoms with Gasteiger partial charge in [-0.3, -0.25) is 9.59 Å². The van der Waals surface area contributed by atoms with Gasteiger partial charge in [-0.25, -0.2) is 23.2 Å². The number of carbonyl (C=O) groups excluding carboxylic acids is 3. The molecule has 1 saturated heterocycles. The van der Waals surface area contributed by atoms with Gasteiger partial charge in [0.1, 0.15) is 35.7 Å². The van der Waals surface area contributed by atoms with Gasteiger partial charge in [0.25, 0.3) is 10.0 Å². The Bertz CT molecular complexity index is 1980. The van der Waals surface area contributed by atoms with Crippen molar-refractivity contribution in [2.45, 2.75) is 120 Å². The van der Waals surface area contributed by atoms with E-state index in [-0.39, 0.29) is 37.3 Å². The Morgan fingerprint density at radius 3 is 2.59 bits per heavy atom. The van der Waals surface area contributed by atoms with E-state index >= 15 is 0 Å². The summed E-state index contributed by atoms with van der Waals surface area (Å²) in [7, 11) is -2.46. The van der Waals surface area contributed by atoms with Crippen molar-refractivity contribution in [1.82, 2.24) is 25.5 Å². The Kier molecular flexibility index (Phi) is 10.0. The first-order valence-electron chi connectivity index (χ1n) is 18.9. The van der Waals surface area contributed by atoms with Crippen molar-refractivity contribution in [3.8, 4) is 11.6 Å². The zero-order valence-electron chi connectivity index (χ0n) is 31.2. The number of methoxy groups -OCH3 is 1. The number of aromatic nitrogens is 2. The van der Waals surface area contributed by atoms with Crippen LogP contribution in [-0.4, -0.2) is 95.8 Å². The topological polar surface area (TPSA) is 202 Å². The SMILES string of the molecule is C=C[C@H]1C[C@]1(NC(=O)[C@@H]1C[C@@H]2CN1C(=O)[C@H](C(C)(C)C)NC(=O)O[C@@H]1C[C@H]1CCCCCc1nc3ccc(OC)cc3nc1O2)C([O-])=NS(=O)(=O)C1CC1. The summed E-state index contributed by atoms with van der Waals surface area (Å²) in [5.74, 6) is -1.59. The summed E-state index contributed by atoms with van der Waals surface area (Å²) in [6.45, 7) is 9.14. The van der Waals surface area contributed by atoms with E-state index in [9.17, 15) is 27.9 Å². The van der Waals surface area contributed by atoms with E-state index < -0.39 is 74.1 Å². The zero-order chi connectivity index (χ0) is 38.6. The number of ether oxygens (including phenoxy) is 3. The molecule has 2 aliphatic heterocycles. The molecule has 2 bridgehead atoms. The standard InChI is InChI=1S/C38H50N6O9S/c1-6-22-19-38(22,35(47)43-54(49,50)25-13-14-25)42-32(45)29-18-24-20-44(29)34(46)31(37(2,3)4)41-36(48)53-30-16-21(30)10-8-7-9-11-27-33(52-24)40-28-17-23(51-5)12-15-26(28)39-27/h6,12,15,17,21-22,24-25,29-31H,1,7-11,13-14,16,18-20H2,2-5H3,(H,41,48)(H,42,45)(H,43,47)/p-1/t21-,22+,24-,29+,30-,31-,38-/m1/s1. The number of sulfonamides is 1. The van der Waals surface area contributed by atoms with Gasteiger partial charge in [0.15, 0.2) is 0 Å². The normalized spacial score (nSPS) is 30.7. The molecule has 1 aromatic carbocycles. The van der Waals surface area contributed by atoms with Crippen molar-refractivity contribution in [2.75, 3.05) is 13.7 Å². The molecule has 7 rings (SSSR count). The summed E-state index contributed by atoms with van der Waals surface area (Å²) >= 11 is 0. The number of hydrogen-bond donors (Lipinski definition) is 2. The number of amides is 3. The van der Waals surface area contributed by atoms with Gasteiger partial charge in [0.05, 0.1) is 35.5 Å². The van der Waals surface area contributed by atoms with Crippen molar-refractivity contribution in [3.63, 3.8) is 0 Å². The van der Waals surface area contributed by atoms with Crippen molar-refractivity contribution in [1.29, 1.82) is 0 Å². The molecule has 2 aromatic rings. The Morgan fingerprint density at radius 2 is 1.91 bits per heavy atom. The molecular weight excluding hydrogens is 717 g/mol. The Morgan fingerprint density at radius 1 is 1.13 bits per heavy atom. The smallest absolute Gasteiger partial charge is 0.408 e. The summed E-state index contributed by atoms with van der Waals surface area (Å²) in [6, 6.07) is 3.17. The third-order valence-electron chi connectivity index (χ3n) is 11.2. The lowest BCUT2D eigenvalue weighted by molar-refractivity contribution is -0.222. The highest BCUT2D eigenvalue weighted by atomic mass is 32.2. The molecule has 1 aromatic heterocycles. The highest BCUT2D eigenvalue weighted by molar-refractivity contribution is 7.91. The minimum Gasteiger partial charge on any atom is -0.859 e. The van der Waals surface area contributed by atoms with E-state index in [1.807, 2.05) is 12.1 Å². The minimum atomic E-state index is -4.03. The molecule has 0 unspecified atom stereocenters. The van der Waals surface area contributed by atoms with Crippen LogP contribution in [0.5, 0.6) is 11.6 Å². The molecule has 292 valence electrons. The number of hydrogen-bond acceptors (Lipinski definition) is 11. The number of carbonyl (C=O) groups is 3. The van der Waals surface area contributed by atoms with Crippen LogP contribution in [-0.2, 0) is 30.8 Å². The van der Waals surface area contributed by atoms with Crippen LogP contribution in [0.4, 0.5) is 4.79 Å². The fourth-order valence-corrected chi connectivity index (χ4v) is 8.85. The van der Waals surface area contributed by atoms with E-state index in [4.69, 9.17) is 24.2 Å². The predicted molar refractivity (Wildman–Crippen MR) is 196 cm³/mol. The summed E-state index contributed by atoms with van der Waals surface area (Å²) in [5.41, 5.74) is -0.522. The molecule has 7 atom stereocenters. The van der Waals surface area contributed by atoms with E-state index in [1.165, 1.54) is 11.0 Å². The highest BCUT2D eigenvalue weighted by Gasteiger charge is 2.57. The van der Waals surface area contributed by atoms with E-state index in [0.29, 0.717) is 41.7 Å². The molecule has 2 N–H and O–H groups in total. The molecule has 3 amide bonds. The van der Waals surface area contributed by atoms with Crippen LogP contribution < -0.4 is 25.2 Å². The molecule has 54 heavy (non-hydrogen) atoms. The maximum atomic E-state index is 14.6. The number of fused-ring (bicyclic) bond motifs is 5. The molecular formula is C38H49N6O9S-. The number of rotatable bonds is 7. The van der Waals surface area contributed by atoms with E-state index in [0.717, 1.165) is 32.1 Å². The minimum absolute atomic E-state index is 0.0143. The monoisotopic (exact) mass is 765 g/mol. The second-order valence-corrected chi connectivity index (χ2v) is 18.3. The quantitative estimate of drug-likeness (QED) is 0.239. The number of nitrogens with one attached hydrogen (secondary N) is 2. The van der Waals surface area contributed by atoms with Crippen molar-refractivity contribution >= 4 is 44.9 Å². The van der Waals surface area contributed by atoms with Gasteiger partial charge >= 0.3 is 6.09 Å². The zero-order valence-corrected chi connectivity index (χ0v) is 32.0. The summed E-state index contributed by atoms with van der Waals surface area (Å²) in [4.78, 5) is 53.2. The first-order valence-corrected chi connectivity index (χ1v) is 20.4. The second-order valence-electron chi connectivity index (χ2n) is 16.4. The second kappa shape index (κ2) is 14.3. The van der Waals surface area contributed by atoms with Gasteiger partial charge in [0, 0.05) is 24.3 Å². The fraction of sp³-hybridized carbons (Fsp3) is 0.632. The van der Waals surface area contributed by atoms with Gasteiger partial charge in [-0.05, 0) is 68.4 Å². The predicted octanol–water partition coefficient (Wildman–Crippen LogP) is 2.94. The highest BCUT2D eigenvalue weighted by Crippen LogP contribution is 2.46. The van der Waals surface area contributed by atoms with E-state index in [2.05, 4.69) is 21.6 Å². The van der Waals surface area contributed by atoms with Crippen LogP contribution in [0.15, 0.2) is 35.3 Å². The average molecular weight is 766 g/mol. The molecule has 15 nitrogen and oxygen atoms in total. The third-order valence-corrected chi connectivity index (χ3v) is 12.9. The van der Waals surface area contributed by atoms with Gasteiger partial charge in [0.2, 0.25) is 17.7 Å². The van der Waals surface area contributed by atoms with Crippen LogP contribution in [0, 0.1) is 17.3 Å². The number of alkyl carbamates (subject to hydrolysis) is 1. The molecule has 3 aliphatic carbocycles. The number of aryl methyl sites for hydroxylation is 1. The first-order chi connectivity index (χ1) is 25.6. The van der Waals surface area contributed by atoms with Crippen molar-refractivity contribution in [2.24, 2.45) is 21.6 Å². The van der Waals surface area contributed by atoms with Gasteiger partial charge < -0.3 is 34.9 Å². The molecule has 3 heterocycles. The maximum Gasteiger partial charge on any atom is 0.408 e. The van der Waals surface area contributed by atoms with Gasteiger partial charge in [-0.1, -0.05) is 39.7 Å². The summed E-state index contributed by atoms with van der Waals surface area (Å²) in [6.07, 6.45) is 5.77. The van der Waals surface area contributed by atoms with E-state index in [1.54, 1.807) is 33.9 Å². The molecule has 3 saturated carbocycles. The van der Waals surface area contributed by atoms with Crippen molar-refractivity contribution in [3.05, 3.63) is 36.5 Å². The van der Waals surface area contributed by atoms with Gasteiger partial charge in [-0.2, -0.15) is 4.40 Å². The lowest BCUT2D eigenvalue weighted by Gasteiger charge is -2.35. The third kappa shape index (κ3) is 7.85. The fourth-order valence-electron chi connectivity index (χ4n) is 7.58. The molecule has 16 heteroatoms. The Labute approximate surface area is 315 Å². The van der Waals surface area contributed by atoms with Crippen LogP contribution in [0.2, 0.25) is 0 Å². The lowest BCUT2D eigenvalue weighted by atomic mass is 9.85. The maximum absolute atomic E-state index is 14.6. The molecule has 0 spiro atoms. The lowest BCUT2D eigenvalue weighted by Crippen LogP contribution is -2.60. The Balaban J connectivity index is 1.23. The largest absolute Gasteiger partial charge is 0.859 e. The first kappa shape index (κ1) is 37.8. The number of benzene rings is 1. The summed E-state index contributed by atoms with van der Waals surface area (Å²) < 4.78 is 46.6. The van der Waals surface area contributed by atoms with Crippen molar-refractivity contribution < 1.29 is 42.1 Å². The summed E-state index contributed by atoms with van der Waals surface area (Å²) in [5, 5.41) is 18.3. The molecule has 0 radical (unpaired) electrons. The van der Waals surface area contributed by atoms with Crippen LogP contribution in [0.25, 0.3) is 11.0 Å². The Hall–Kier alpha value is -4.47. The average Bonchev–Trinajstić information content (AvgIpc) is 4.04. The van der Waals surface area contributed by atoms with Gasteiger partial charge in [-0.15, -0.1) is 6.58 Å². The van der Waals surface area contributed by atoms with Crippen LogP contribution in [0.3, 0.4) is 0 Å².